The number of fused-ring (bicyclic) bond motifs is 2. The fraction of sp³-hybridized carbons (Fsp3) is 0.346. The molecule has 3 aromatic carbocycles. The molecule has 3 aromatic rings. The lowest BCUT2D eigenvalue weighted by Crippen LogP contribution is -2.30. The molecule has 0 radical (unpaired) electrons. The number of carbonyl (C=O) groups is 1. The van der Waals surface area contributed by atoms with Crippen LogP contribution in [0.4, 0.5) is 0 Å². The van der Waals surface area contributed by atoms with Crippen molar-refractivity contribution in [2.24, 2.45) is 0 Å². The van der Waals surface area contributed by atoms with Crippen LogP contribution in [0.2, 0.25) is 0 Å². The number of aryl methyl sites for hydroxylation is 1. The van der Waals surface area contributed by atoms with Gasteiger partial charge in [-0.2, -0.15) is 0 Å². The van der Waals surface area contributed by atoms with Gasteiger partial charge in [-0.25, -0.2) is 0 Å². The number of nitrogens with zero attached hydrogens (tertiary/aromatic N) is 1. The summed E-state index contributed by atoms with van der Waals surface area (Å²) in [5.74, 6) is 1.84. The summed E-state index contributed by atoms with van der Waals surface area (Å²) in [6, 6.07) is 21.1. The van der Waals surface area contributed by atoms with E-state index in [2.05, 4.69) is 47.4 Å². The SMILES string of the molecule is O=C(CCc1ccc2c(c1)OCCCO2)N1CCCC1c1cccc2ccccc12. The average molecular weight is 402 g/mol. The smallest absolute Gasteiger partial charge is 0.223 e. The monoisotopic (exact) mass is 401 g/mol. The number of carbonyl (C=O) groups excluding carboxylic acids is 1. The highest BCUT2D eigenvalue weighted by atomic mass is 16.5. The molecule has 154 valence electrons. The molecule has 2 aliphatic heterocycles. The van der Waals surface area contributed by atoms with Crippen molar-refractivity contribution in [1.29, 1.82) is 0 Å². The zero-order valence-electron chi connectivity index (χ0n) is 17.2. The van der Waals surface area contributed by atoms with Gasteiger partial charge in [0.2, 0.25) is 5.91 Å². The Bertz CT molecular complexity index is 1060. The topological polar surface area (TPSA) is 38.8 Å². The van der Waals surface area contributed by atoms with Gasteiger partial charge in [-0.05, 0) is 53.3 Å². The van der Waals surface area contributed by atoms with E-state index in [0.29, 0.717) is 26.1 Å². The largest absolute Gasteiger partial charge is 0.490 e. The van der Waals surface area contributed by atoms with Gasteiger partial charge < -0.3 is 14.4 Å². The van der Waals surface area contributed by atoms with E-state index in [0.717, 1.165) is 42.9 Å². The maximum Gasteiger partial charge on any atom is 0.223 e. The molecule has 2 heterocycles. The molecule has 4 nitrogen and oxygen atoms in total. The molecule has 0 aliphatic carbocycles. The second-order valence-corrected chi connectivity index (χ2v) is 8.15. The number of benzene rings is 3. The maximum atomic E-state index is 13.2. The zero-order valence-corrected chi connectivity index (χ0v) is 17.2. The van der Waals surface area contributed by atoms with Crippen LogP contribution in [-0.4, -0.2) is 30.6 Å². The number of amides is 1. The van der Waals surface area contributed by atoms with Crippen LogP contribution in [0.15, 0.2) is 60.7 Å². The van der Waals surface area contributed by atoms with Crippen molar-refractivity contribution in [3.05, 3.63) is 71.8 Å². The fourth-order valence-electron chi connectivity index (χ4n) is 4.69. The van der Waals surface area contributed by atoms with Gasteiger partial charge in [-0.3, -0.25) is 4.79 Å². The van der Waals surface area contributed by atoms with Crippen molar-refractivity contribution < 1.29 is 14.3 Å². The van der Waals surface area contributed by atoms with E-state index < -0.39 is 0 Å². The zero-order chi connectivity index (χ0) is 20.3. The van der Waals surface area contributed by atoms with Gasteiger partial charge >= 0.3 is 0 Å². The minimum absolute atomic E-state index is 0.173. The lowest BCUT2D eigenvalue weighted by molar-refractivity contribution is -0.132. The summed E-state index contributed by atoms with van der Waals surface area (Å²) in [4.78, 5) is 15.2. The highest BCUT2D eigenvalue weighted by Gasteiger charge is 2.30. The molecular weight excluding hydrogens is 374 g/mol. The molecule has 4 heteroatoms. The van der Waals surface area contributed by atoms with Crippen molar-refractivity contribution in [3.8, 4) is 11.5 Å². The molecule has 30 heavy (non-hydrogen) atoms. The molecule has 1 saturated heterocycles. The lowest BCUT2D eigenvalue weighted by Gasteiger charge is -2.26. The Morgan fingerprint density at radius 1 is 0.933 bits per heavy atom. The maximum absolute atomic E-state index is 13.2. The summed E-state index contributed by atoms with van der Waals surface area (Å²) >= 11 is 0. The minimum Gasteiger partial charge on any atom is -0.490 e. The number of hydrogen-bond acceptors (Lipinski definition) is 3. The normalized spacial score (nSPS) is 18.4. The molecule has 2 aliphatic rings. The van der Waals surface area contributed by atoms with E-state index >= 15 is 0 Å². The fourth-order valence-corrected chi connectivity index (χ4v) is 4.69. The molecular formula is C26H27NO3. The Hall–Kier alpha value is -3.01. The summed E-state index contributed by atoms with van der Waals surface area (Å²) in [6.45, 7) is 2.21. The van der Waals surface area contributed by atoms with E-state index in [1.165, 1.54) is 16.3 Å². The first-order chi connectivity index (χ1) is 14.8. The van der Waals surface area contributed by atoms with Gasteiger partial charge in [0.15, 0.2) is 11.5 Å². The predicted molar refractivity (Wildman–Crippen MR) is 118 cm³/mol. The van der Waals surface area contributed by atoms with Crippen molar-refractivity contribution in [2.75, 3.05) is 19.8 Å². The number of rotatable bonds is 4. The molecule has 5 rings (SSSR count). The summed E-state index contributed by atoms with van der Waals surface area (Å²) < 4.78 is 11.5. The second-order valence-electron chi connectivity index (χ2n) is 8.15. The number of likely N-dealkylation sites (tertiary alicyclic amines) is 1. The molecule has 0 bridgehead atoms. The van der Waals surface area contributed by atoms with Crippen LogP contribution in [0.5, 0.6) is 11.5 Å². The summed E-state index contributed by atoms with van der Waals surface area (Å²) in [7, 11) is 0. The van der Waals surface area contributed by atoms with Crippen LogP contribution in [0.1, 0.15) is 42.9 Å². The van der Waals surface area contributed by atoms with Gasteiger partial charge in [0, 0.05) is 19.4 Å². The third-order valence-electron chi connectivity index (χ3n) is 6.19. The van der Waals surface area contributed by atoms with Gasteiger partial charge in [-0.15, -0.1) is 0 Å². The Morgan fingerprint density at radius 3 is 2.70 bits per heavy atom. The molecule has 1 amide bonds. The Labute approximate surface area is 177 Å². The molecule has 0 aromatic heterocycles. The number of hydrogen-bond donors (Lipinski definition) is 0. The highest BCUT2D eigenvalue weighted by molar-refractivity contribution is 5.87. The molecule has 0 saturated carbocycles. The van der Waals surface area contributed by atoms with Crippen molar-refractivity contribution >= 4 is 16.7 Å². The molecule has 1 fully saturated rings. The highest BCUT2D eigenvalue weighted by Crippen LogP contribution is 2.36. The van der Waals surface area contributed by atoms with Crippen LogP contribution in [-0.2, 0) is 11.2 Å². The molecule has 0 spiro atoms. The van der Waals surface area contributed by atoms with Gasteiger partial charge in [-0.1, -0.05) is 48.5 Å². The predicted octanol–water partition coefficient (Wildman–Crippen LogP) is 5.30. The summed E-state index contributed by atoms with van der Waals surface area (Å²) in [5, 5.41) is 2.49. The van der Waals surface area contributed by atoms with Gasteiger partial charge in [0.1, 0.15) is 0 Å². The quantitative estimate of drug-likeness (QED) is 0.596. The van der Waals surface area contributed by atoms with Crippen LogP contribution in [0.25, 0.3) is 10.8 Å². The van der Waals surface area contributed by atoms with Crippen molar-refractivity contribution in [2.45, 2.75) is 38.1 Å². The van der Waals surface area contributed by atoms with Gasteiger partial charge in [0.05, 0.1) is 19.3 Å². The van der Waals surface area contributed by atoms with E-state index in [4.69, 9.17) is 9.47 Å². The molecule has 0 N–H and O–H groups in total. The van der Waals surface area contributed by atoms with Crippen LogP contribution >= 0.6 is 0 Å². The second kappa shape index (κ2) is 8.39. The first-order valence-corrected chi connectivity index (χ1v) is 11.0. The number of ether oxygens (including phenoxy) is 2. The summed E-state index contributed by atoms with van der Waals surface area (Å²) in [6.07, 6.45) is 4.22. The third-order valence-corrected chi connectivity index (χ3v) is 6.19. The van der Waals surface area contributed by atoms with E-state index in [-0.39, 0.29) is 11.9 Å². The van der Waals surface area contributed by atoms with E-state index in [1.54, 1.807) is 0 Å². The van der Waals surface area contributed by atoms with E-state index in [9.17, 15) is 4.79 Å². The summed E-state index contributed by atoms with van der Waals surface area (Å²) in [5.41, 5.74) is 2.39. The minimum atomic E-state index is 0.173. The Kier molecular flexibility index (Phi) is 5.31. The first-order valence-electron chi connectivity index (χ1n) is 11.0. The van der Waals surface area contributed by atoms with Crippen molar-refractivity contribution in [1.82, 2.24) is 4.90 Å². The lowest BCUT2D eigenvalue weighted by atomic mass is 9.97. The standard InChI is InChI=1S/C26H27NO3/c28-26(14-12-19-11-13-24-25(18-19)30-17-5-16-29-24)27-15-4-10-23(27)22-9-3-7-20-6-1-2-8-21(20)22/h1-3,6-9,11,13,18,23H,4-5,10,12,14-17H2. The van der Waals surface area contributed by atoms with Crippen LogP contribution < -0.4 is 9.47 Å². The van der Waals surface area contributed by atoms with E-state index in [1.807, 2.05) is 18.2 Å². The van der Waals surface area contributed by atoms with Crippen molar-refractivity contribution in [3.63, 3.8) is 0 Å². The molecule has 1 atom stereocenters. The Balaban J connectivity index is 1.30. The van der Waals surface area contributed by atoms with Crippen LogP contribution in [0, 0.1) is 0 Å². The van der Waals surface area contributed by atoms with Crippen LogP contribution in [0.3, 0.4) is 0 Å². The Morgan fingerprint density at radius 2 is 1.77 bits per heavy atom. The van der Waals surface area contributed by atoms with Gasteiger partial charge in [0.25, 0.3) is 0 Å². The first kappa shape index (κ1) is 19.0. The molecule has 1 unspecified atom stereocenters. The third kappa shape index (κ3) is 3.74. The average Bonchev–Trinajstić information content (AvgIpc) is 3.16.